The molecule has 5 aliphatic heterocycles. The van der Waals surface area contributed by atoms with Gasteiger partial charge in [-0.25, -0.2) is 0 Å². The van der Waals surface area contributed by atoms with Gasteiger partial charge in [-0.2, -0.15) is 0 Å². The number of rotatable bonds is 14. The van der Waals surface area contributed by atoms with Crippen LogP contribution < -0.4 is 10.6 Å². The molecule has 0 aliphatic carbocycles. The molecule has 0 aromatic heterocycles. The highest BCUT2D eigenvalue weighted by atomic mass is 16.8. The van der Waals surface area contributed by atoms with E-state index in [0.29, 0.717) is 0 Å². The highest BCUT2D eigenvalue weighted by molar-refractivity contribution is 5.73. The summed E-state index contributed by atoms with van der Waals surface area (Å²) in [7, 11) is 0. The zero-order valence-electron chi connectivity index (χ0n) is 33.0. The molecule has 61 heavy (non-hydrogen) atoms. The van der Waals surface area contributed by atoms with Gasteiger partial charge in [0.15, 0.2) is 31.5 Å². The van der Waals surface area contributed by atoms with Crippen molar-refractivity contribution in [1.82, 2.24) is 10.6 Å². The number of ether oxygens (including phenoxy) is 9. The molecule has 2 amide bonds. The molecular formula is C34H58N2O25. The molecule has 0 saturated carbocycles. The number of nitrogens with one attached hydrogen (secondary N) is 2. The van der Waals surface area contributed by atoms with Crippen molar-refractivity contribution in [2.75, 3.05) is 26.4 Å². The van der Waals surface area contributed by atoms with Gasteiger partial charge in [-0.3, -0.25) is 9.59 Å². The van der Waals surface area contributed by atoms with Crippen molar-refractivity contribution in [3.63, 3.8) is 0 Å². The highest BCUT2D eigenvalue weighted by Gasteiger charge is 2.56. The van der Waals surface area contributed by atoms with E-state index < -0.39 is 192 Å². The van der Waals surface area contributed by atoms with E-state index in [1.54, 1.807) is 0 Å². The van der Waals surface area contributed by atoms with Gasteiger partial charge in [0.25, 0.3) is 0 Å². The predicted molar refractivity (Wildman–Crippen MR) is 188 cm³/mol. The van der Waals surface area contributed by atoms with E-state index in [0.717, 1.165) is 13.8 Å². The molecule has 25 unspecified atom stereocenters. The Morgan fingerprint density at radius 2 is 0.902 bits per heavy atom. The summed E-state index contributed by atoms with van der Waals surface area (Å²) < 4.78 is 51.4. The fourth-order valence-corrected chi connectivity index (χ4v) is 7.67. The lowest BCUT2D eigenvalue weighted by atomic mass is 9.93. The average Bonchev–Trinajstić information content (AvgIpc) is 3.22. The monoisotopic (exact) mass is 894 g/mol. The molecule has 0 radical (unpaired) electrons. The van der Waals surface area contributed by atoms with Gasteiger partial charge < -0.3 is 125 Å². The Bertz CT molecular complexity index is 1420. The number of carbonyl (C=O) groups is 2. The third kappa shape index (κ3) is 10.9. The van der Waals surface area contributed by atoms with Crippen LogP contribution in [0.1, 0.15) is 20.8 Å². The van der Waals surface area contributed by atoms with Gasteiger partial charge in [0.05, 0.1) is 32.5 Å². The minimum atomic E-state index is -2.06. The molecule has 27 heteroatoms. The maximum Gasteiger partial charge on any atom is 0.217 e. The van der Waals surface area contributed by atoms with E-state index in [9.17, 15) is 81.1 Å². The van der Waals surface area contributed by atoms with Crippen molar-refractivity contribution in [1.29, 1.82) is 0 Å². The summed E-state index contributed by atoms with van der Waals surface area (Å²) in [5.74, 6) is -1.52. The highest BCUT2D eigenvalue weighted by Crippen LogP contribution is 2.35. The molecule has 25 atom stereocenters. The molecule has 16 N–H and O–H groups in total. The molecule has 354 valence electrons. The van der Waals surface area contributed by atoms with Crippen LogP contribution in [0.25, 0.3) is 0 Å². The third-order valence-corrected chi connectivity index (χ3v) is 11.1. The molecule has 5 fully saturated rings. The fourth-order valence-electron chi connectivity index (χ4n) is 7.67. The molecule has 5 saturated heterocycles. The van der Waals surface area contributed by atoms with Gasteiger partial charge >= 0.3 is 0 Å². The van der Waals surface area contributed by atoms with Crippen LogP contribution >= 0.6 is 0 Å². The van der Waals surface area contributed by atoms with Crippen molar-refractivity contribution in [2.45, 2.75) is 174 Å². The maximum absolute atomic E-state index is 12.5. The van der Waals surface area contributed by atoms with Crippen molar-refractivity contribution < 1.29 is 124 Å². The van der Waals surface area contributed by atoms with Crippen LogP contribution in [-0.2, 0) is 52.2 Å². The van der Waals surface area contributed by atoms with Crippen LogP contribution in [0.3, 0.4) is 0 Å². The summed E-state index contributed by atoms with van der Waals surface area (Å²) in [6.45, 7) is 0.0602. The second-order valence-corrected chi connectivity index (χ2v) is 15.4. The summed E-state index contributed by atoms with van der Waals surface area (Å²) in [5, 5.41) is 152. The lowest BCUT2D eigenvalue weighted by molar-refractivity contribution is -0.375. The Hall–Kier alpha value is -1.98. The Labute approximate surface area is 346 Å². The Balaban J connectivity index is 1.37. The fraction of sp³-hybridized carbons (Fsp3) is 0.941. The largest absolute Gasteiger partial charge is 0.394 e. The van der Waals surface area contributed by atoms with Gasteiger partial charge in [0.2, 0.25) is 11.8 Å². The molecule has 0 aromatic carbocycles. The number of hydrogen-bond acceptors (Lipinski definition) is 25. The first-order valence-corrected chi connectivity index (χ1v) is 19.4. The van der Waals surface area contributed by atoms with Gasteiger partial charge in [-0.05, 0) is 6.92 Å². The maximum atomic E-state index is 12.5. The molecule has 27 nitrogen and oxygen atoms in total. The van der Waals surface area contributed by atoms with Crippen LogP contribution in [0.5, 0.6) is 0 Å². The van der Waals surface area contributed by atoms with Crippen LogP contribution in [0.15, 0.2) is 0 Å². The summed E-state index contributed by atoms with van der Waals surface area (Å²) in [6, 6.07) is -3.26. The van der Waals surface area contributed by atoms with E-state index in [1.807, 2.05) is 0 Å². The smallest absolute Gasteiger partial charge is 0.217 e. The minimum absolute atomic E-state index is 0.732. The zero-order chi connectivity index (χ0) is 45.2. The number of hydrogen-bond donors (Lipinski definition) is 16. The Morgan fingerprint density at radius 1 is 0.459 bits per heavy atom. The topological polar surface area (TPSA) is 424 Å². The SMILES string of the molecule is CC(=O)NC1C(OC2C(CO)OC(O)C(NC(C)=O)C2OC2OC(C)C(O)C(O)C2O)OC(CO)C(OC2OC(COC3OC(CO)C(O)C(O)C3O)C(O)C(O)C2O)C1O. The summed E-state index contributed by atoms with van der Waals surface area (Å²) >= 11 is 0. The molecule has 5 aliphatic rings. The minimum Gasteiger partial charge on any atom is -0.394 e. The summed E-state index contributed by atoms with van der Waals surface area (Å²) in [6.07, 6.45) is -40.2. The zero-order valence-corrected chi connectivity index (χ0v) is 33.0. The molecule has 0 bridgehead atoms. The normalized spacial score (nSPS) is 49.6. The van der Waals surface area contributed by atoms with Gasteiger partial charge in [-0.1, -0.05) is 0 Å². The summed E-state index contributed by atoms with van der Waals surface area (Å²) in [5.41, 5.74) is 0. The van der Waals surface area contributed by atoms with Crippen LogP contribution in [0.2, 0.25) is 0 Å². The van der Waals surface area contributed by atoms with Crippen molar-refractivity contribution in [3.8, 4) is 0 Å². The molecular weight excluding hydrogens is 836 g/mol. The van der Waals surface area contributed by atoms with Gasteiger partial charge in [-0.15, -0.1) is 0 Å². The number of aliphatic hydroxyl groups is 14. The van der Waals surface area contributed by atoms with E-state index in [4.69, 9.17) is 42.6 Å². The molecule has 5 heterocycles. The van der Waals surface area contributed by atoms with Crippen LogP contribution in [0.4, 0.5) is 0 Å². The number of carbonyl (C=O) groups excluding carboxylic acids is 2. The first-order valence-electron chi connectivity index (χ1n) is 19.4. The first kappa shape index (κ1) is 50.0. The lowest BCUT2D eigenvalue weighted by Gasteiger charge is -2.51. The molecule has 0 aromatic rings. The Morgan fingerprint density at radius 3 is 1.48 bits per heavy atom. The molecule has 5 rings (SSSR count). The average molecular weight is 895 g/mol. The van der Waals surface area contributed by atoms with E-state index in [2.05, 4.69) is 10.6 Å². The van der Waals surface area contributed by atoms with Crippen LogP contribution in [0, 0.1) is 0 Å². The Kier molecular flexibility index (Phi) is 17.5. The van der Waals surface area contributed by atoms with E-state index >= 15 is 0 Å². The van der Waals surface area contributed by atoms with E-state index in [-0.39, 0.29) is 0 Å². The lowest BCUT2D eigenvalue weighted by Crippen LogP contribution is -2.71. The van der Waals surface area contributed by atoms with Crippen LogP contribution in [-0.4, -0.2) is 263 Å². The van der Waals surface area contributed by atoms with Crippen molar-refractivity contribution in [3.05, 3.63) is 0 Å². The summed E-state index contributed by atoms with van der Waals surface area (Å²) in [4.78, 5) is 24.8. The first-order chi connectivity index (χ1) is 28.7. The van der Waals surface area contributed by atoms with Gasteiger partial charge in [0, 0.05) is 13.8 Å². The van der Waals surface area contributed by atoms with Crippen molar-refractivity contribution in [2.24, 2.45) is 0 Å². The number of amides is 2. The van der Waals surface area contributed by atoms with E-state index in [1.165, 1.54) is 6.92 Å². The third-order valence-electron chi connectivity index (χ3n) is 11.1. The van der Waals surface area contributed by atoms with Gasteiger partial charge in [0.1, 0.15) is 116 Å². The quantitative estimate of drug-likeness (QED) is 0.0770. The predicted octanol–water partition coefficient (Wildman–Crippen LogP) is -10.6. The second kappa shape index (κ2) is 21.3. The number of aliphatic hydroxyl groups excluding tert-OH is 14. The second-order valence-electron chi connectivity index (χ2n) is 15.4. The standard InChI is InChI=1S/C34H58N2O25/c1-8-17(42)21(46)25(50)33(54-8)61-29-16(36-10(3)41)30(52)55-13(6-39)28(29)60-31-15(35-9(2)40)20(45)27(12(5-38)57-31)59-34-26(51)23(48)19(44)14(58-34)7-53-32-24(49)22(47)18(43)11(4-37)56-32/h8,11-34,37-39,42-52H,4-7H2,1-3H3,(H,35,40)(H,36,41). The van der Waals surface area contributed by atoms with Crippen molar-refractivity contribution >= 4 is 11.8 Å². The molecule has 0 spiro atoms.